The quantitative estimate of drug-likeness (QED) is 0.0474. The molecule has 0 aliphatic carbocycles. The van der Waals surface area contributed by atoms with E-state index >= 15 is 0 Å². The van der Waals surface area contributed by atoms with Gasteiger partial charge in [-0.25, -0.2) is 0 Å². The van der Waals surface area contributed by atoms with Crippen molar-refractivity contribution in [2.24, 2.45) is 0 Å². The first-order chi connectivity index (χ1) is 21.4. The van der Waals surface area contributed by atoms with Gasteiger partial charge in [-0.2, -0.15) is 29.9 Å². The highest BCUT2D eigenvalue weighted by Crippen LogP contribution is 2.23. The first-order valence-electron chi connectivity index (χ1n) is 15.7. The molecule has 0 fully saturated rings. The predicted octanol–water partition coefficient (Wildman–Crippen LogP) is 7.77. The largest absolute Gasteiger partial charge is 0.376 e. The van der Waals surface area contributed by atoms with Crippen LogP contribution in [0.15, 0.2) is 44.9 Å². The zero-order valence-electron chi connectivity index (χ0n) is 26.5. The van der Waals surface area contributed by atoms with E-state index in [0.717, 1.165) is 88.9 Å². The molecule has 0 saturated carbocycles. The number of nitrogens with zero attached hydrogens (tertiary/aromatic N) is 8. The Kier molecular flexibility index (Phi) is 17.2. The zero-order chi connectivity index (χ0) is 31.6. The summed E-state index contributed by atoms with van der Waals surface area (Å²) >= 11 is 12.0. The fourth-order valence-electron chi connectivity index (χ4n) is 4.18. The number of hydrogen-bond acceptors (Lipinski definition) is 14. The molecule has 0 unspecified atom stereocenters. The standard InChI is InChI=1S/C30H48N10S4/c1-5-9-17-39(18-10-6-2)25-33-27(41)37-29(35-25)43-21-31-23-13-15-24(16-14-23)32-22-44-30-36-26(34-28(42)38-30)40(19-11-7-3)20-12-8-4/h13-16,31-32H,5-12,17-22H2,1-4H3,(H,33,35,37,41)(H,34,36,38,42). The molecule has 14 heteroatoms. The Morgan fingerprint density at radius 2 is 0.886 bits per heavy atom. The molecular weight excluding hydrogens is 629 g/mol. The van der Waals surface area contributed by atoms with Crippen molar-refractivity contribution >= 4 is 72.1 Å². The van der Waals surface area contributed by atoms with E-state index in [-0.39, 0.29) is 0 Å². The molecule has 0 aliphatic heterocycles. The smallest absolute Gasteiger partial charge is 0.230 e. The minimum Gasteiger partial charge on any atom is -0.376 e. The Bertz CT molecular complexity index is 1120. The molecule has 0 aliphatic rings. The van der Waals surface area contributed by atoms with Gasteiger partial charge in [-0.15, -0.1) is 25.3 Å². The van der Waals surface area contributed by atoms with Crippen LogP contribution in [0.2, 0.25) is 0 Å². The van der Waals surface area contributed by atoms with Crippen molar-refractivity contribution in [3.63, 3.8) is 0 Å². The lowest BCUT2D eigenvalue weighted by Crippen LogP contribution is -2.28. The molecule has 2 aromatic heterocycles. The lowest BCUT2D eigenvalue weighted by Gasteiger charge is -2.22. The molecule has 242 valence electrons. The molecule has 0 spiro atoms. The summed E-state index contributed by atoms with van der Waals surface area (Å²) < 4.78 is 0. The number of anilines is 4. The van der Waals surface area contributed by atoms with Crippen LogP contribution in [-0.4, -0.2) is 67.8 Å². The molecule has 3 rings (SSSR count). The van der Waals surface area contributed by atoms with Crippen molar-refractivity contribution in [2.45, 2.75) is 99.7 Å². The summed E-state index contributed by atoms with van der Waals surface area (Å²) in [5.41, 5.74) is 2.04. The van der Waals surface area contributed by atoms with E-state index in [4.69, 9.17) is 9.97 Å². The zero-order valence-corrected chi connectivity index (χ0v) is 29.9. The number of aromatic nitrogens is 6. The Hall–Kier alpha value is -2.16. The summed E-state index contributed by atoms with van der Waals surface area (Å²) in [5.74, 6) is 2.69. The summed E-state index contributed by atoms with van der Waals surface area (Å²) in [6, 6.07) is 8.22. The molecule has 3 aromatic rings. The van der Waals surface area contributed by atoms with Crippen LogP contribution in [-0.2, 0) is 0 Å². The molecule has 0 radical (unpaired) electrons. The lowest BCUT2D eigenvalue weighted by molar-refractivity contribution is 0.645. The summed E-state index contributed by atoms with van der Waals surface area (Å²) in [6.45, 7) is 12.6. The van der Waals surface area contributed by atoms with E-state index in [0.29, 0.717) is 44.3 Å². The van der Waals surface area contributed by atoms with Gasteiger partial charge in [0.15, 0.2) is 20.6 Å². The number of rotatable bonds is 22. The second-order valence-electron chi connectivity index (χ2n) is 10.3. The maximum atomic E-state index is 4.73. The van der Waals surface area contributed by atoms with E-state index < -0.39 is 0 Å². The van der Waals surface area contributed by atoms with Crippen LogP contribution in [0.1, 0.15) is 79.1 Å². The molecule has 2 heterocycles. The van der Waals surface area contributed by atoms with Gasteiger partial charge < -0.3 is 20.4 Å². The van der Waals surface area contributed by atoms with Gasteiger partial charge in [-0.3, -0.25) is 0 Å². The van der Waals surface area contributed by atoms with Crippen molar-refractivity contribution in [1.82, 2.24) is 29.9 Å². The molecule has 0 amide bonds. The molecule has 1 aromatic carbocycles. The van der Waals surface area contributed by atoms with Gasteiger partial charge in [-0.1, -0.05) is 76.9 Å². The maximum absolute atomic E-state index is 4.73. The van der Waals surface area contributed by atoms with Gasteiger partial charge in [0.05, 0.1) is 11.8 Å². The molecule has 0 atom stereocenters. The number of thiol groups is 2. The number of nitrogens with one attached hydrogen (secondary N) is 2. The Morgan fingerprint density at radius 1 is 0.545 bits per heavy atom. The third-order valence-corrected chi connectivity index (χ3v) is 8.57. The predicted molar refractivity (Wildman–Crippen MR) is 193 cm³/mol. The summed E-state index contributed by atoms with van der Waals surface area (Å²) in [5, 5.41) is 9.13. The maximum Gasteiger partial charge on any atom is 0.230 e. The average molecular weight is 677 g/mol. The summed E-state index contributed by atoms with van der Waals surface area (Å²) in [6.07, 6.45) is 8.96. The van der Waals surface area contributed by atoms with Crippen molar-refractivity contribution < 1.29 is 0 Å². The van der Waals surface area contributed by atoms with Crippen molar-refractivity contribution in [3.8, 4) is 0 Å². The van der Waals surface area contributed by atoms with Crippen LogP contribution >= 0.6 is 48.8 Å². The van der Waals surface area contributed by atoms with Gasteiger partial charge >= 0.3 is 0 Å². The number of unbranched alkanes of at least 4 members (excludes halogenated alkanes) is 4. The first-order valence-corrected chi connectivity index (χ1v) is 18.6. The second-order valence-corrected chi connectivity index (χ2v) is 13.0. The van der Waals surface area contributed by atoms with Crippen LogP contribution in [0.25, 0.3) is 0 Å². The molecule has 0 saturated heterocycles. The van der Waals surface area contributed by atoms with Crippen molar-refractivity contribution in [3.05, 3.63) is 24.3 Å². The minimum atomic E-state index is 0.452. The highest BCUT2D eigenvalue weighted by Gasteiger charge is 2.14. The SMILES string of the molecule is CCCCN(CCCC)c1nc(S)nc(SCNc2ccc(NCSc3nc(S)nc(N(CCCC)CCCC)n3)cc2)n1. The molecule has 0 bridgehead atoms. The number of thioether (sulfide) groups is 2. The van der Waals surface area contributed by atoms with Gasteiger partial charge in [0.1, 0.15) is 0 Å². The van der Waals surface area contributed by atoms with Crippen LogP contribution < -0.4 is 20.4 Å². The van der Waals surface area contributed by atoms with Gasteiger partial charge in [0.2, 0.25) is 11.9 Å². The monoisotopic (exact) mass is 676 g/mol. The third-order valence-electron chi connectivity index (χ3n) is 6.71. The Balaban J connectivity index is 1.50. The van der Waals surface area contributed by atoms with E-state index in [1.807, 2.05) is 0 Å². The number of benzene rings is 1. The normalized spacial score (nSPS) is 11.0. The van der Waals surface area contributed by atoms with Crippen LogP contribution in [0.5, 0.6) is 0 Å². The van der Waals surface area contributed by atoms with E-state index in [9.17, 15) is 0 Å². The average Bonchev–Trinajstić information content (AvgIpc) is 3.01. The molecule has 10 nitrogen and oxygen atoms in total. The molecule has 2 N–H and O–H groups in total. The summed E-state index contributed by atoms with van der Waals surface area (Å²) in [4.78, 5) is 31.8. The van der Waals surface area contributed by atoms with Crippen LogP contribution in [0, 0.1) is 0 Å². The number of hydrogen-bond donors (Lipinski definition) is 4. The summed E-state index contributed by atoms with van der Waals surface area (Å²) in [7, 11) is 0. The first kappa shape index (κ1) is 36.3. The van der Waals surface area contributed by atoms with Crippen molar-refractivity contribution in [2.75, 3.05) is 58.4 Å². The van der Waals surface area contributed by atoms with Crippen molar-refractivity contribution in [1.29, 1.82) is 0 Å². The van der Waals surface area contributed by atoms with E-state index in [2.05, 4.69) is 118 Å². The fraction of sp³-hybridized carbons (Fsp3) is 0.600. The van der Waals surface area contributed by atoms with E-state index in [1.165, 1.54) is 0 Å². The highest BCUT2D eigenvalue weighted by molar-refractivity contribution is 7.99. The minimum absolute atomic E-state index is 0.452. The van der Waals surface area contributed by atoms with Gasteiger partial charge in [0, 0.05) is 37.6 Å². The Labute approximate surface area is 283 Å². The third kappa shape index (κ3) is 13.1. The second kappa shape index (κ2) is 20.8. The fourth-order valence-corrected chi connectivity index (χ4v) is 6.01. The van der Waals surface area contributed by atoms with Crippen LogP contribution in [0.4, 0.5) is 23.3 Å². The van der Waals surface area contributed by atoms with Gasteiger partial charge in [-0.05, 0) is 49.9 Å². The lowest BCUT2D eigenvalue weighted by atomic mass is 10.3. The highest BCUT2D eigenvalue weighted by atomic mass is 32.2. The van der Waals surface area contributed by atoms with Crippen LogP contribution in [0.3, 0.4) is 0 Å². The van der Waals surface area contributed by atoms with E-state index in [1.54, 1.807) is 23.5 Å². The Morgan fingerprint density at radius 3 is 1.20 bits per heavy atom. The van der Waals surface area contributed by atoms with Gasteiger partial charge in [0.25, 0.3) is 0 Å². The topological polar surface area (TPSA) is 108 Å². The molecular formula is C30H48N10S4. The molecule has 44 heavy (non-hydrogen) atoms.